The van der Waals surface area contributed by atoms with Gasteiger partial charge in [0, 0.05) is 18.1 Å². The maximum atomic E-state index is 12.3. The van der Waals surface area contributed by atoms with E-state index in [1.807, 2.05) is 6.92 Å². The second-order valence-corrected chi connectivity index (χ2v) is 6.11. The summed E-state index contributed by atoms with van der Waals surface area (Å²) in [6.45, 7) is 6.80. The first-order valence-corrected chi connectivity index (χ1v) is 7.33. The number of hydrogen-bond donors (Lipinski definition) is 3. The Balaban J connectivity index is 2.06. The molecule has 0 saturated heterocycles. The maximum Gasteiger partial charge on any atom is 0.271 e. The molecule has 2 atom stereocenters. The average molecular weight is 313 g/mol. The highest BCUT2D eigenvalue weighted by atomic mass is 35.5. The van der Waals surface area contributed by atoms with Crippen molar-refractivity contribution in [3.05, 3.63) is 22.8 Å². The number of hydrogen-bond acceptors (Lipinski definition) is 5. The molecule has 0 aliphatic heterocycles. The predicted molar refractivity (Wildman–Crippen MR) is 82.1 cm³/mol. The van der Waals surface area contributed by atoms with E-state index in [9.17, 15) is 4.79 Å². The summed E-state index contributed by atoms with van der Waals surface area (Å²) in [6.07, 6.45) is 0.951. The number of aromatic nitrogens is 1. The molecule has 0 aromatic carbocycles. The van der Waals surface area contributed by atoms with Gasteiger partial charge in [0.15, 0.2) is 0 Å². The molecule has 1 saturated carbocycles. The highest BCUT2D eigenvalue weighted by Gasteiger charge is 2.49. The molecule has 1 amide bonds. The van der Waals surface area contributed by atoms with Crippen LogP contribution in [0.4, 0.5) is 5.82 Å². The summed E-state index contributed by atoms with van der Waals surface area (Å²) in [7, 11) is 0. The zero-order valence-electron chi connectivity index (χ0n) is 12.4. The second kappa shape index (κ2) is 6.17. The summed E-state index contributed by atoms with van der Waals surface area (Å²) >= 11 is 6.03. The molecule has 0 radical (unpaired) electrons. The maximum absolute atomic E-state index is 12.3. The van der Waals surface area contributed by atoms with Crippen molar-refractivity contribution in [3.63, 3.8) is 0 Å². The number of anilines is 1. The van der Waals surface area contributed by atoms with Gasteiger partial charge in [0.25, 0.3) is 5.91 Å². The number of pyridine rings is 1. The van der Waals surface area contributed by atoms with E-state index in [0.29, 0.717) is 17.4 Å². The smallest absolute Gasteiger partial charge is 0.271 e. The number of carbonyl (C=O) groups excluding carboxylic acids is 1. The highest BCUT2D eigenvalue weighted by Crippen LogP contribution is 2.42. The summed E-state index contributed by atoms with van der Waals surface area (Å²) < 4.78 is 5.65. The minimum absolute atomic E-state index is 0.0360. The van der Waals surface area contributed by atoms with Gasteiger partial charge in [-0.25, -0.2) is 10.8 Å². The lowest BCUT2D eigenvalue weighted by Gasteiger charge is -2.51. The van der Waals surface area contributed by atoms with Crippen LogP contribution in [0.2, 0.25) is 5.02 Å². The lowest BCUT2D eigenvalue weighted by atomic mass is 9.64. The standard InChI is InChI=1S/C14H21ClN4O2/c1-4-21-10-7-9(14(10,2)3)17-13(20)12-8(15)5-6-11(18-12)19-16/h5-6,9-10H,4,7,16H2,1-3H3,(H,17,20)(H,18,19). The number of ether oxygens (including phenoxy) is 1. The Morgan fingerprint density at radius 1 is 1.57 bits per heavy atom. The van der Waals surface area contributed by atoms with Crippen LogP contribution < -0.4 is 16.6 Å². The largest absolute Gasteiger partial charge is 0.378 e. The Hall–Kier alpha value is -1.37. The van der Waals surface area contributed by atoms with Gasteiger partial charge in [0.2, 0.25) is 0 Å². The van der Waals surface area contributed by atoms with Crippen LogP contribution in [0.1, 0.15) is 37.7 Å². The number of nitrogens with one attached hydrogen (secondary N) is 2. The molecule has 7 heteroatoms. The fourth-order valence-corrected chi connectivity index (χ4v) is 2.71. The molecule has 21 heavy (non-hydrogen) atoms. The third-order valence-corrected chi connectivity index (χ3v) is 4.36. The van der Waals surface area contributed by atoms with Crippen LogP contribution in [0.25, 0.3) is 0 Å². The van der Waals surface area contributed by atoms with E-state index in [1.165, 1.54) is 0 Å². The van der Waals surface area contributed by atoms with E-state index >= 15 is 0 Å². The van der Waals surface area contributed by atoms with Crippen LogP contribution >= 0.6 is 11.6 Å². The Morgan fingerprint density at radius 2 is 2.29 bits per heavy atom. The fraction of sp³-hybridized carbons (Fsp3) is 0.571. The summed E-state index contributed by atoms with van der Waals surface area (Å²) in [5.41, 5.74) is 2.46. The van der Waals surface area contributed by atoms with E-state index in [1.54, 1.807) is 12.1 Å². The van der Waals surface area contributed by atoms with Gasteiger partial charge in [-0.3, -0.25) is 4.79 Å². The summed E-state index contributed by atoms with van der Waals surface area (Å²) in [5, 5.41) is 3.27. The van der Waals surface area contributed by atoms with Crippen LogP contribution in [0.3, 0.4) is 0 Å². The molecule has 1 heterocycles. The van der Waals surface area contributed by atoms with E-state index < -0.39 is 0 Å². The second-order valence-electron chi connectivity index (χ2n) is 5.70. The number of nitrogens with zero attached hydrogens (tertiary/aromatic N) is 1. The lowest BCUT2D eigenvalue weighted by Crippen LogP contribution is -2.62. The quantitative estimate of drug-likeness (QED) is 0.571. The van der Waals surface area contributed by atoms with Crippen molar-refractivity contribution < 1.29 is 9.53 Å². The third-order valence-electron chi connectivity index (χ3n) is 4.06. The van der Waals surface area contributed by atoms with Gasteiger partial charge in [-0.1, -0.05) is 25.4 Å². The van der Waals surface area contributed by atoms with Crippen LogP contribution in [-0.2, 0) is 4.74 Å². The lowest BCUT2D eigenvalue weighted by molar-refractivity contribution is -0.111. The molecule has 116 valence electrons. The van der Waals surface area contributed by atoms with Gasteiger partial charge in [-0.2, -0.15) is 0 Å². The van der Waals surface area contributed by atoms with Crippen molar-refractivity contribution in [2.75, 3.05) is 12.0 Å². The fourth-order valence-electron chi connectivity index (χ4n) is 2.52. The first-order valence-electron chi connectivity index (χ1n) is 6.95. The van der Waals surface area contributed by atoms with Crippen molar-refractivity contribution in [1.82, 2.24) is 10.3 Å². The number of hydrazine groups is 1. The number of carbonyl (C=O) groups is 1. The van der Waals surface area contributed by atoms with Crippen molar-refractivity contribution >= 4 is 23.3 Å². The molecule has 0 spiro atoms. The highest BCUT2D eigenvalue weighted by molar-refractivity contribution is 6.33. The molecule has 0 bridgehead atoms. The Labute approximate surface area is 129 Å². The monoisotopic (exact) mass is 312 g/mol. The molecule has 1 aliphatic rings. The van der Waals surface area contributed by atoms with Gasteiger partial charge in [-0.15, -0.1) is 0 Å². The Morgan fingerprint density at radius 3 is 2.86 bits per heavy atom. The van der Waals surface area contributed by atoms with Crippen LogP contribution in [0, 0.1) is 5.41 Å². The predicted octanol–water partition coefficient (Wildman–Crippen LogP) is 1.95. The molecular weight excluding hydrogens is 292 g/mol. The van der Waals surface area contributed by atoms with Gasteiger partial charge >= 0.3 is 0 Å². The van der Waals surface area contributed by atoms with Crippen molar-refractivity contribution in [2.45, 2.75) is 39.3 Å². The summed E-state index contributed by atoms with van der Waals surface area (Å²) in [4.78, 5) is 16.4. The molecule has 1 aromatic heterocycles. The number of halogens is 1. The van der Waals surface area contributed by atoms with Crippen molar-refractivity contribution in [3.8, 4) is 0 Å². The minimum atomic E-state index is -0.301. The molecule has 1 aromatic rings. The van der Waals surface area contributed by atoms with Gasteiger partial charge in [-0.05, 0) is 25.5 Å². The third kappa shape index (κ3) is 3.12. The van der Waals surface area contributed by atoms with Crippen LogP contribution in [0.5, 0.6) is 0 Å². The van der Waals surface area contributed by atoms with Gasteiger partial charge in [0.1, 0.15) is 11.5 Å². The number of nitrogens with two attached hydrogens (primary N) is 1. The van der Waals surface area contributed by atoms with E-state index in [-0.39, 0.29) is 29.2 Å². The van der Waals surface area contributed by atoms with E-state index in [2.05, 4.69) is 29.6 Å². The first-order chi connectivity index (χ1) is 9.90. The zero-order chi connectivity index (χ0) is 15.6. The summed E-state index contributed by atoms with van der Waals surface area (Å²) in [5.74, 6) is 5.39. The van der Waals surface area contributed by atoms with Crippen LogP contribution in [-0.4, -0.2) is 29.6 Å². The van der Waals surface area contributed by atoms with Crippen LogP contribution in [0.15, 0.2) is 12.1 Å². The molecule has 2 unspecified atom stereocenters. The van der Waals surface area contributed by atoms with Crippen molar-refractivity contribution in [1.29, 1.82) is 0 Å². The normalized spacial score (nSPS) is 23.3. The van der Waals surface area contributed by atoms with Gasteiger partial charge in [0.05, 0.1) is 11.1 Å². The topological polar surface area (TPSA) is 89.3 Å². The SMILES string of the molecule is CCOC1CC(NC(=O)c2nc(NN)ccc2Cl)C1(C)C. The minimum Gasteiger partial charge on any atom is -0.378 e. The zero-order valence-corrected chi connectivity index (χ0v) is 13.2. The number of nitrogen functional groups attached to an aromatic ring is 1. The molecule has 1 aliphatic carbocycles. The summed E-state index contributed by atoms with van der Waals surface area (Å²) in [6, 6.07) is 3.24. The number of amides is 1. The Bertz CT molecular complexity index is 536. The van der Waals surface area contributed by atoms with Crippen molar-refractivity contribution in [2.24, 2.45) is 11.3 Å². The Kier molecular flexibility index (Phi) is 4.70. The first kappa shape index (κ1) is 16.0. The van der Waals surface area contributed by atoms with E-state index in [0.717, 1.165) is 6.42 Å². The molecule has 2 rings (SSSR count). The number of rotatable bonds is 5. The molecular formula is C14H21ClN4O2. The van der Waals surface area contributed by atoms with E-state index in [4.69, 9.17) is 22.2 Å². The van der Waals surface area contributed by atoms with Gasteiger partial charge < -0.3 is 15.5 Å². The molecule has 4 N–H and O–H groups in total. The molecule has 6 nitrogen and oxygen atoms in total. The molecule has 1 fully saturated rings. The average Bonchev–Trinajstić information content (AvgIpc) is 2.46.